The summed E-state index contributed by atoms with van der Waals surface area (Å²) < 4.78 is 10.4. The van der Waals surface area contributed by atoms with E-state index in [1.807, 2.05) is 0 Å². The number of carbonyl (C=O) groups is 3. The summed E-state index contributed by atoms with van der Waals surface area (Å²) in [5, 5.41) is 3.16. The molecule has 2 aromatic carbocycles. The second-order valence-electron chi connectivity index (χ2n) is 10.7. The second-order valence-corrected chi connectivity index (χ2v) is 10.7. The zero-order valence-electron chi connectivity index (χ0n) is 20.4. The van der Waals surface area contributed by atoms with Gasteiger partial charge in [0.25, 0.3) is 5.91 Å². The number of ether oxygens (including phenoxy) is 2. The van der Waals surface area contributed by atoms with E-state index in [2.05, 4.69) is 5.32 Å². The standard InChI is InChI=1S/C29H33NO5/c1-34-23-7-3-21(4-8-23)25(27(32)22-5-9-24(35-2)10-6-22)14-26(31)28(33)30-29-15-18-11-19(16-29)13-20(12-18)17-29/h3-10,18-20,25H,11-17H2,1-2H3,(H,30,33)/t18?,19?,20?,25-,29?/m1/s1. The Hall–Kier alpha value is -3.15. The third-order valence-electron chi connectivity index (χ3n) is 8.27. The SMILES string of the molecule is COc1ccc(C(=O)[C@H](CC(=O)C(=O)NC23CC4CC(CC(C4)C2)C3)c2ccc(OC)cc2)cc1. The number of Topliss-reactive ketones (excluding diaryl/α,β-unsaturated/α-hetero) is 2. The summed E-state index contributed by atoms with van der Waals surface area (Å²) in [4.78, 5) is 39.8. The van der Waals surface area contributed by atoms with Gasteiger partial charge in [-0.05, 0) is 98.2 Å². The van der Waals surface area contributed by atoms with Crippen LogP contribution in [-0.2, 0) is 9.59 Å². The molecule has 1 amide bonds. The minimum atomic E-state index is -0.760. The van der Waals surface area contributed by atoms with Crippen molar-refractivity contribution >= 4 is 17.5 Å². The minimum absolute atomic E-state index is 0.171. The molecule has 4 aliphatic carbocycles. The van der Waals surface area contributed by atoms with E-state index in [1.54, 1.807) is 62.8 Å². The number of rotatable bonds is 9. The summed E-state index contributed by atoms with van der Waals surface area (Å²) in [6.45, 7) is 0. The lowest BCUT2D eigenvalue weighted by atomic mass is 9.53. The number of ketones is 2. The Morgan fingerprint density at radius 1 is 0.829 bits per heavy atom. The quantitative estimate of drug-likeness (QED) is 0.419. The largest absolute Gasteiger partial charge is 0.497 e. The Bertz CT molecular complexity index is 1070. The predicted octanol–water partition coefficient (Wildman–Crippen LogP) is 4.71. The monoisotopic (exact) mass is 475 g/mol. The van der Waals surface area contributed by atoms with Gasteiger partial charge in [-0.25, -0.2) is 0 Å². The van der Waals surface area contributed by atoms with Crippen molar-refractivity contribution in [3.8, 4) is 11.5 Å². The number of amides is 1. The lowest BCUT2D eigenvalue weighted by Crippen LogP contribution is -2.60. The van der Waals surface area contributed by atoms with Crippen LogP contribution in [-0.4, -0.2) is 37.2 Å². The van der Waals surface area contributed by atoms with Crippen LogP contribution in [0.5, 0.6) is 11.5 Å². The number of hydrogen-bond acceptors (Lipinski definition) is 5. The molecular formula is C29H33NO5. The van der Waals surface area contributed by atoms with Gasteiger partial charge in [-0.15, -0.1) is 0 Å². The Kier molecular flexibility index (Phi) is 6.39. The average molecular weight is 476 g/mol. The third-order valence-corrected chi connectivity index (χ3v) is 8.27. The first-order chi connectivity index (χ1) is 16.9. The van der Waals surface area contributed by atoms with E-state index in [-0.39, 0.29) is 17.7 Å². The van der Waals surface area contributed by atoms with Crippen molar-refractivity contribution in [1.82, 2.24) is 5.32 Å². The first-order valence-electron chi connectivity index (χ1n) is 12.6. The predicted molar refractivity (Wildman–Crippen MR) is 132 cm³/mol. The van der Waals surface area contributed by atoms with Gasteiger partial charge in [0.1, 0.15) is 11.5 Å². The Labute approximate surface area is 206 Å². The molecule has 1 N–H and O–H groups in total. The molecule has 2 aromatic rings. The number of carbonyl (C=O) groups excluding carboxylic acids is 3. The molecular weight excluding hydrogens is 442 g/mol. The molecule has 184 valence electrons. The van der Waals surface area contributed by atoms with Crippen molar-refractivity contribution < 1.29 is 23.9 Å². The first-order valence-corrected chi connectivity index (χ1v) is 12.6. The fourth-order valence-electron chi connectivity index (χ4n) is 7.01. The molecule has 0 aromatic heterocycles. The molecule has 0 radical (unpaired) electrons. The number of benzene rings is 2. The highest BCUT2D eigenvalue weighted by Gasteiger charge is 2.52. The van der Waals surface area contributed by atoms with E-state index in [9.17, 15) is 14.4 Å². The second kappa shape index (κ2) is 9.48. The summed E-state index contributed by atoms with van der Waals surface area (Å²) >= 11 is 0. The zero-order chi connectivity index (χ0) is 24.6. The van der Waals surface area contributed by atoms with Crippen molar-refractivity contribution in [2.75, 3.05) is 14.2 Å². The smallest absolute Gasteiger partial charge is 0.287 e. The maximum absolute atomic E-state index is 13.5. The molecule has 4 saturated carbocycles. The first kappa shape index (κ1) is 23.6. The molecule has 4 aliphatic rings. The molecule has 1 atom stereocenters. The van der Waals surface area contributed by atoms with Crippen LogP contribution in [0.2, 0.25) is 0 Å². The third kappa shape index (κ3) is 4.84. The van der Waals surface area contributed by atoms with Crippen LogP contribution in [0.3, 0.4) is 0 Å². The summed E-state index contributed by atoms with van der Waals surface area (Å²) in [6.07, 6.45) is 6.55. The van der Waals surface area contributed by atoms with Gasteiger partial charge in [0.05, 0.1) is 20.1 Å². The molecule has 0 spiro atoms. The van der Waals surface area contributed by atoms with Crippen LogP contribution in [0.1, 0.15) is 66.8 Å². The highest BCUT2D eigenvalue weighted by molar-refractivity contribution is 6.37. The van der Waals surface area contributed by atoms with Gasteiger partial charge < -0.3 is 14.8 Å². The van der Waals surface area contributed by atoms with E-state index < -0.39 is 17.6 Å². The van der Waals surface area contributed by atoms with Crippen LogP contribution < -0.4 is 14.8 Å². The van der Waals surface area contributed by atoms with Gasteiger partial charge in [0.2, 0.25) is 5.78 Å². The maximum Gasteiger partial charge on any atom is 0.287 e. The van der Waals surface area contributed by atoms with Crippen LogP contribution >= 0.6 is 0 Å². The Morgan fingerprint density at radius 3 is 1.80 bits per heavy atom. The summed E-state index contributed by atoms with van der Waals surface area (Å²) in [6, 6.07) is 13.9. The van der Waals surface area contributed by atoms with Crippen molar-refractivity contribution in [3.63, 3.8) is 0 Å². The van der Waals surface area contributed by atoms with Gasteiger partial charge in [-0.1, -0.05) is 12.1 Å². The molecule has 0 unspecified atom stereocenters. The molecule has 6 nitrogen and oxygen atoms in total. The van der Waals surface area contributed by atoms with Crippen LogP contribution in [0.15, 0.2) is 48.5 Å². The normalized spacial score (nSPS) is 27.2. The van der Waals surface area contributed by atoms with Crippen LogP contribution in [0.25, 0.3) is 0 Å². The molecule has 6 heteroatoms. The Balaban J connectivity index is 1.34. The van der Waals surface area contributed by atoms with E-state index in [1.165, 1.54) is 19.3 Å². The van der Waals surface area contributed by atoms with Gasteiger partial charge in [-0.2, -0.15) is 0 Å². The van der Waals surface area contributed by atoms with Crippen molar-refractivity contribution in [3.05, 3.63) is 59.7 Å². The molecule has 0 aliphatic heterocycles. The lowest BCUT2D eigenvalue weighted by Gasteiger charge is -2.56. The van der Waals surface area contributed by atoms with E-state index in [4.69, 9.17) is 9.47 Å². The number of hydrogen-bond donors (Lipinski definition) is 1. The number of methoxy groups -OCH3 is 2. The van der Waals surface area contributed by atoms with Crippen molar-refractivity contribution in [1.29, 1.82) is 0 Å². The summed E-state index contributed by atoms with van der Waals surface area (Å²) in [5.74, 6) is 1.26. The Morgan fingerprint density at radius 2 is 1.31 bits per heavy atom. The van der Waals surface area contributed by atoms with Gasteiger partial charge >= 0.3 is 0 Å². The van der Waals surface area contributed by atoms with Crippen molar-refractivity contribution in [2.24, 2.45) is 17.8 Å². The van der Waals surface area contributed by atoms with Crippen LogP contribution in [0, 0.1) is 17.8 Å². The molecule has 0 heterocycles. The average Bonchev–Trinajstić information content (AvgIpc) is 2.85. The summed E-state index contributed by atoms with van der Waals surface area (Å²) in [5.41, 5.74) is 0.917. The van der Waals surface area contributed by atoms with Gasteiger partial charge in [0, 0.05) is 17.5 Å². The van der Waals surface area contributed by atoms with E-state index in [0.717, 1.165) is 19.3 Å². The number of nitrogens with one attached hydrogen (secondary N) is 1. The van der Waals surface area contributed by atoms with E-state index in [0.29, 0.717) is 40.4 Å². The molecule has 0 saturated heterocycles. The van der Waals surface area contributed by atoms with Crippen molar-refractivity contribution in [2.45, 2.75) is 56.4 Å². The molecule has 6 rings (SSSR count). The molecule has 4 bridgehead atoms. The molecule has 35 heavy (non-hydrogen) atoms. The summed E-state index contributed by atoms with van der Waals surface area (Å²) in [7, 11) is 3.14. The van der Waals surface area contributed by atoms with Gasteiger partial charge in [-0.3, -0.25) is 14.4 Å². The fraction of sp³-hybridized carbons (Fsp3) is 0.483. The minimum Gasteiger partial charge on any atom is -0.497 e. The van der Waals surface area contributed by atoms with Crippen LogP contribution in [0.4, 0.5) is 0 Å². The van der Waals surface area contributed by atoms with E-state index >= 15 is 0 Å². The topological polar surface area (TPSA) is 81.7 Å². The molecule has 4 fully saturated rings. The zero-order valence-corrected chi connectivity index (χ0v) is 20.4. The maximum atomic E-state index is 13.5. The highest BCUT2D eigenvalue weighted by Crippen LogP contribution is 2.55. The van der Waals surface area contributed by atoms with Gasteiger partial charge in [0.15, 0.2) is 5.78 Å². The lowest BCUT2D eigenvalue weighted by molar-refractivity contribution is -0.141. The fourth-order valence-corrected chi connectivity index (χ4v) is 7.01. The highest BCUT2D eigenvalue weighted by atomic mass is 16.5.